The van der Waals surface area contributed by atoms with Crippen LogP contribution < -0.4 is 0 Å². The molecule has 0 saturated heterocycles. The Morgan fingerprint density at radius 1 is 0.579 bits per heavy atom. The summed E-state index contributed by atoms with van der Waals surface area (Å²) < 4.78 is 0. The van der Waals surface area contributed by atoms with Gasteiger partial charge in [0.25, 0.3) is 0 Å². The van der Waals surface area contributed by atoms with Gasteiger partial charge in [0, 0.05) is 0 Å². The Morgan fingerprint density at radius 2 is 1.18 bits per heavy atom. The van der Waals surface area contributed by atoms with Crippen molar-refractivity contribution in [3.05, 3.63) is 120 Å². The number of aryl methyl sites for hydroxylation is 2. The summed E-state index contributed by atoms with van der Waals surface area (Å²) in [5.74, 6) is 0. The standard InChI is InChI=1S/C36H40N2/c1-3-5-7-10-20-32-27-29(21-23-35(32)30-16-11-8-12-17-30)25-26-37-38-34-22-24-36(31-18-13-9-14-19-31)33(28-34)15-6-4-2/h8-9,11-14,16-19,21-28H,3-7,10,15,20H2,1-2H3. The quantitative estimate of drug-likeness (QED) is 0.129. The summed E-state index contributed by atoms with van der Waals surface area (Å²) in [5, 5.41) is 8.92. The molecule has 0 amide bonds. The topological polar surface area (TPSA) is 24.7 Å². The summed E-state index contributed by atoms with van der Waals surface area (Å²) in [6.45, 7) is 4.50. The molecule has 0 spiro atoms. The van der Waals surface area contributed by atoms with Crippen LogP contribution in [0.1, 0.15) is 69.1 Å². The van der Waals surface area contributed by atoms with Crippen LogP contribution in [0.15, 0.2) is 113 Å². The molecule has 4 rings (SSSR count). The smallest absolute Gasteiger partial charge is 0.0860 e. The molecular weight excluding hydrogens is 460 g/mol. The van der Waals surface area contributed by atoms with E-state index in [2.05, 4.69) is 127 Å². The molecule has 2 heteroatoms. The van der Waals surface area contributed by atoms with Crippen molar-refractivity contribution in [3.8, 4) is 22.3 Å². The second kappa shape index (κ2) is 14.8. The number of benzene rings is 4. The predicted octanol–water partition coefficient (Wildman–Crippen LogP) is 11.2. The lowest BCUT2D eigenvalue weighted by atomic mass is 9.94. The van der Waals surface area contributed by atoms with Crippen molar-refractivity contribution in [2.24, 2.45) is 10.2 Å². The van der Waals surface area contributed by atoms with E-state index in [1.165, 1.54) is 71.9 Å². The third-order valence-corrected chi connectivity index (χ3v) is 6.99. The van der Waals surface area contributed by atoms with Gasteiger partial charge in [-0.05, 0) is 82.8 Å². The van der Waals surface area contributed by atoms with Gasteiger partial charge in [-0.15, -0.1) is 0 Å². The molecule has 194 valence electrons. The highest BCUT2D eigenvalue weighted by Gasteiger charge is 2.07. The lowest BCUT2D eigenvalue weighted by Crippen LogP contribution is -1.92. The van der Waals surface area contributed by atoms with Crippen molar-refractivity contribution in [2.45, 2.75) is 65.2 Å². The predicted molar refractivity (Wildman–Crippen MR) is 164 cm³/mol. The fourth-order valence-corrected chi connectivity index (χ4v) is 4.90. The Morgan fingerprint density at radius 3 is 1.84 bits per heavy atom. The van der Waals surface area contributed by atoms with Crippen molar-refractivity contribution in [2.75, 3.05) is 0 Å². The highest BCUT2D eigenvalue weighted by atomic mass is 15.1. The van der Waals surface area contributed by atoms with Gasteiger partial charge in [0.1, 0.15) is 0 Å². The van der Waals surface area contributed by atoms with Crippen LogP contribution in [-0.4, -0.2) is 0 Å². The van der Waals surface area contributed by atoms with Crippen LogP contribution >= 0.6 is 0 Å². The zero-order valence-electron chi connectivity index (χ0n) is 22.9. The van der Waals surface area contributed by atoms with Crippen LogP contribution in [0.5, 0.6) is 0 Å². The molecule has 0 aliphatic rings. The zero-order chi connectivity index (χ0) is 26.4. The van der Waals surface area contributed by atoms with E-state index in [4.69, 9.17) is 0 Å². The van der Waals surface area contributed by atoms with E-state index in [0.29, 0.717) is 0 Å². The first-order chi connectivity index (χ1) is 18.8. The number of unbranched alkanes of at least 4 members (excludes halogenated alkanes) is 4. The average molecular weight is 501 g/mol. The van der Waals surface area contributed by atoms with Crippen LogP contribution in [0.4, 0.5) is 5.69 Å². The van der Waals surface area contributed by atoms with Gasteiger partial charge in [-0.2, -0.15) is 10.2 Å². The van der Waals surface area contributed by atoms with Crippen LogP contribution in [0, 0.1) is 0 Å². The molecule has 4 aromatic carbocycles. The zero-order valence-corrected chi connectivity index (χ0v) is 22.9. The van der Waals surface area contributed by atoms with E-state index in [9.17, 15) is 0 Å². The lowest BCUT2D eigenvalue weighted by molar-refractivity contribution is 0.667. The van der Waals surface area contributed by atoms with Crippen molar-refractivity contribution in [1.82, 2.24) is 0 Å². The highest BCUT2D eigenvalue weighted by Crippen LogP contribution is 2.30. The number of azo groups is 1. The second-order valence-electron chi connectivity index (χ2n) is 9.94. The van der Waals surface area contributed by atoms with Crippen molar-refractivity contribution >= 4 is 11.8 Å². The monoisotopic (exact) mass is 500 g/mol. The second-order valence-corrected chi connectivity index (χ2v) is 9.94. The molecule has 0 heterocycles. The minimum absolute atomic E-state index is 0.900. The summed E-state index contributed by atoms with van der Waals surface area (Å²) in [6, 6.07) is 34.5. The average Bonchev–Trinajstić information content (AvgIpc) is 2.97. The minimum atomic E-state index is 0.900. The lowest BCUT2D eigenvalue weighted by Gasteiger charge is -2.11. The molecular formula is C36H40N2. The molecule has 38 heavy (non-hydrogen) atoms. The molecule has 0 aliphatic heterocycles. The highest BCUT2D eigenvalue weighted by molar-refractivity contribution is 5.71. The summed E-state index contributed by atoms with van der Waals surface area (Å²) >= 11 is 0. The molecule has 0 saturated carbocycles. The molecule has 0 N–H and O–H groups in total. The van der Waals surface area contributed by atoms with Crippen molar-refractivity contribution in [1.29, 1.82) is 0 Å². The summed E-state index contributed by atoms with van der Waals surface area (Å²) in [5.41, 5.74) is 9.97. The van der Waals surface area contributed by atoms with Crippen molar-refractivity contribution < 1.29 is 0 Å². The molecule has 0 radical (unpaired) electrons. The number of hydrogen-bond acceptors (Lipinski definition) is 2. The van der Waals surface area contributed by atoms with Gasteiger partial charge in [-0.25, -0.2) is 0 Å². The number of nitrogens with zero attached hydrogens (tertiary/aromatic N) is 2. The van der Waals surface area contributed by atoms with Crippen LogP contribution in [-0.2, 0) is 12.8 Å². The fourth-order valence-electron chi connectivity index (χ4n) is 4.90. The summed E-state index contributed by atoms with van der Waals surface area (Å²) in [4.78, 5) is 0. The van der Waals surface area contributed by atoms with Gasteiger partial charge in [0.15, 0.2) is 0 Å². The van der Waals surface area contributed by atoms with Gasteiger partial charge in [0.05, 0.1) is 11.9 Å². The van der Waals surface area contributed by atoms with E-state index in [1.54, 1.807) is 0 Å². The molecule has 4 aromatic rings. The van der Waals surface area contributed by atoms with E-state index >= 15 is 0 Å². The minimum Gasteiger partial charge on any atom is -0.159 e. The largest absolute Gasteiger partial charge is 0.159 e. The van der Waals surface area contributed by atoms with Crippen LogP contribution in [0.2, 0.25) is 0 Å². The Kier molecular flexibility index (Phi) is 10.6. The van der Waals surface area contributed by atoms with Gasteiger partial charge < -0.3 is 0 Å². The number of rotatable bonds is 13. The first kappa shape index (κ1) is 27.3. The van der Waals surface area contributed by atoms with Gasteiger partial charge in [-0.1, -0.05) is 124 Å². The molecule has 0 unspecified atom stereocenters. The van der Waals surface area contributed by atoms with E-state index in [0.717, 1.165) is 24.1 Å². The van der Waals surface area contributed by atoms with Gasteiger partial charge >= 0.3 is 0 Å². The summed E-state index contributed by atoms with van der Waals surface area (Å²) in [6.07, 6.45) is 13.4. The Hall–Kier alpha value is -3.78. The molecule has 2 nitrogen and oxygen atoms in total. The van der Waals surface area contributed by atoms with E-state index < -0.39 is 0 Å². The molecule has 0 aliphatic carbocycles. The van der Waals surface area contributed by atoms with Crippen LogP contribution in [0.3, 0.4) is 0 Å². The Balaban J connectivity index is 1.50. The van der Waals surface area contributed by atoms with Crippen LogP contribution in [0.25, 0.3) is 28.3 Å². The Labute approximate surface area is 229 Å². The maximum atomic E-state index is 4.52. The first-order valence-electron chi connectivity index (χ1n) is 14.2. The number of hydrogen-bond donors (Lipinski definition) is 0. The normalized spacial score (nSPS) is 11.5. The van der Waals surface area contributed by atoms with Gasteiger partial charge in [-0.3, -0.25) is 0 Å². The van der Waals surface area contributed by atoms with E-state index in [1.807, 2.05) is 6.20 Å². The molecule has 0 aromatic heterocycles. The van der Waals surface area contributed by atoms with E-state index in [-0.39, 0.29) is 0 Å². The third-order valence-electron chi connectivity index (χ3n) is 6.99. The van der Waals surface area contributed by atoms with Crippen molar-refractivity contribution in [3.63, 3.8) is 0 Å². The fraction of sp³-hybridized carbons (Fsp3) is 0.278. The SMILES string of the molecule is CCCCCCc1cc(C=CN=Nc2ccc(-c3ccccc3)c(CCCC)c2)ccc1-c1ccccc1. The third kappa shape index (κ3) is 7.86. The molecule has 0 atom stereocenters. The molecule has 0 fully saturated rings. The van der Waals surface area contributed by atoms with Gasteiger partial charge in [0.2, 0.25) is 0 Å². The maximum absolute atomic E-state index is 4.52. The maximum Gasteiger partial charge on any atom is 0.0860 e. The summed E-state index contributed by atoms with van der Waals surface area (Å²) in [7, 11) is 0. The Bertz CT molecular complexity index is 1320. The molecule has 0 bridgehead atoms. The first-order valence-corrected chi connectivity index (χ1v) is 14.2.